The first-order chi connectivity index (χ1) is 15.1. The summed E-state index contributed by atoms with van der Waals surface area (Å²) in [6, 6.07) is 7.45. The number of amides is 1. The number of hydrogen-bond donors (Lipinski definition) is 1. The SMILES string of the molecule is CCCC[C@@H](NCCc1ccccc1C(=O)N1CCC(OCOC)CC1)C(=O)OCC. The Morgan fingerprint density at radius 2 is 1.94 bits per heavy atom. The van der Waals surface area contributed by atoms with Crippen LogP contribution in [-0.2, 0) is 25.4 Å². The topological polar surface area (TPSA) is 77.1 Å². The molecule has 1 N–H and O–H groups in total. The summed E-state index contributed by atoms with van der Waals surface area (Å²) in [7, 11) is 1.61. The molecule has 1 fully saturated rings. The van der Waals surface area contributed by atoms with Gasteiger partial charge >= 0.3 is 5.97 Å². The average molecular weight is 435 g/mol. The van der Waals surface area contributed by atoms with Crippen LogP contribution in [0.4, 0.5) is 0 Å². The van der Waals surface area contributed by atoms with E-state index < -0.39 is 0 Å². The summed E-state index contributed by atoms with van der Waals surface area (Å²) in [5, 5.41) is 3.33. The molecule has 1 aromatic rings. The zero-order chi connectivity index (χ0) is 22.5. The Balaban J connectivity index is 1.92. The van der Waals surface area contributed by atoms with Crippen molar-refractivity contribution in [1.29, 1.82) is 0 Å². The molecule has 1 saturated heterocycles. The number of unbranched alkanes of at least 4 members (excludes halogenated alkanes) is 1. The molecule has 1 aliphatic rings. The third-order valence-corrected chi connectivity index (χ3v) is 5.60. The van der Waals surface area contributed by atoms with Crippen molar-refractivity contribution in [3.63, 3.8) is 0 Å². The molecule has 1 aliphatic heterocycles. The van der Waals surface area contributed by atoms with Crippen LogP contribution in [0.25, 0.3) is 0 Å². The Kier molecular flexibility index (Phi) is 11.6. The lowest BCUT2D eigenvalue weighted by Gasteiger charge is -2.32. The van der Waals surface area contributed by atoms with E-state index in [2.05, 4.69) is 12.2 Å². The summed E-state index contributed by atoms with van der Waals surface area (Å²) in [4.78, 5) is 27.2. The smallest absolute Gasteiger partial charge is 0.323 e. The molecule has 0 saturated carbocycles. The van der Waals surface area contributed by atoms with Crippen molar-refractivity contribution in [3.8, 4) is 0 Å². The van der Waals surface area contributed by atoms with Gasteiger partial charge in [-0.15, -0.1) is 0 Å². The lowest BCUT2D eigenvalue weighted by molar-refractivity contribution is -0.145. The first kappa shape index (κ1) is 25.3. The summed E-state index contributed by atoms with van der Waals surface area (Å²) in [6.07, 6.45) is 5.21. The van der Waals surface area contributed by atoms with Crippen LogP contribution in [0.15, 0.2) is 24.3 Å². The van der Waals surface area contributed by atoms with Gasteiger partial charge in [0, 0.05) is 25.8 Å². The van der Waals surface area contributed by atoms with Crippen molar-refractivity contribution in [2.75, 3.05) is 40.1 Å². The average Bonchev–Trinajstić information content (AvgIpc) is 2.80. The number of carbonyl (C=O) groups is 2. The van der Waals surface area contributed by atoms with Gasteiger partial charge in [-0.1, -0.05) is 38.0 Å². The molecule has 174 valence electrons. The predicted molar refractivity (Wildman–Crippen MR) is 120 cm³/mol. The Morgan fingerprint density at radius 1 is 1.19 bits per heavy atom. The van der Waals surface area contributed by atoms with E-state index in [0.717, 1.165) is 43.2 Å². The van der Waals surface area contributed by atoms with Gasteiger partial charge in [-0.05, 0) is 50.8 Å². The molecule has 1 amide bonds. The van der Waals surface area contributed by atoms with E-state index in [4.69, 9.17) is 14.2 Å². The number of nitrogens with one attached hydrogen (secondary N) is 1. The van der Waals surface area contributed by atoms with E-state index >= 15 is 0 Å². The van der Waals surface area contributed by atoms with Gasteiger partial charge in [0.1, 0.15) is 12.8 Å². The molecule has 0 aliphatic carbocycles. The van der Waals surface area contributed by atoms with Crippen LogP contribution in [-0.4, -0.2) is 69.1 Å². The van der Waals surface area contributed by atoms with Crippen LogP contribution in [0.2, 0.25) is 0 Å². The van der Waals surface area contributed by atoms with E-state index in [0.29, 0.717) is 39.5 Å². The molecule has 0 radical (unpaired) electrons. The lowest BCUT2D eigenvalue weighted by atomic mass is 10.0. The molecule has 31 heavy (non-hydrogen) atoms. The highest BCUT2D eigenvalue weighted by molar-refractivity contribution is 5.95. The molecular weight excluding hydrogens is 396 g/mol. The Morgan fingerprint density at radius 3 is 2.61 bits per heavy atom. The number of ether oxygens (including phenoxy) is 3. The third kappa shape index (κ3) is 8.24. The predicted octanol–water partition coefficient (Wildman–Crippen LogP) is 3.17. The maximum Gasteiger partial charge on any atom is 0.323 e. The summed E-state index contributed by atoms with van der Waals surface area (Å²) in [5.41, 5.74) is 1.73. The number of piperidine rings is 1. The molecule has 0 spiro atoms. The molecule has 7 nitrogen and oxygen atoms in total. The van der Waals surface area contributed by atoms with Crippen molar-refractivity contribution in [3.05, 3.63) is 35.4 Å². The summed E-state index contributed by atoms with van der Waals surface area (Å²) in [6.45, 7) is 6.58. The summed E-state index contributed by atoms with van der Waals surface area (Å²) in [5.74, 6) is -0.132. The maximum absolute atomic E-state index is 13.1. The van der Waals surface area contributed by atoms with Crippen LogP contribution in [0.3, 0.4) is 0 Å². The zero-order valence-electron chi connectivity index (χ0n) is 19.2. The molecular formula is C24H38N2O5. The minimum atomic E-state index is -0.297. The van der Waals surface area contributed by atoms with Crippen LogP contribution in [0, 0.1) is 0 Å². The van der Waals surface area contributed by atoms with Crippen molar-refractivity contribution < 1.29 is 23.8 Å². The normalized spacial score (nSPS) is 15.6. The highest BCUT2D eigenvalue weighted by atomic mass is 16.7. The van der Waals surface area contributed by atoms with Crippen molar-refractivity contribution in [2.45, 2.75) is 64.5 Å². The molecule has 1 heterocycles. The van der Waals surface area contributed by atoms with Crippen molar-refractivity contribution in [1.82, 2.24) is 10.2 Å². The lowest BCUT2D eigenvalue weighted by Crippen LogP contribution is -2.41. The van der Waals surface area contributed by atoms with Crippen molar-refractivity contribution in [2.24, 2.45) is 0 Å². The van der Waals surface area contributed by atoms with Gasteiger partial charge in [-0.25, -0.2) is 0 Å². The van der Waals surface area contributed by atoms with E-state index in [9.17, 15) is 9.59 Å². The zero-order valence-corrected chi connectivity index (χ0v) is 19.2. The highest BCUT2D eigenvalue weighted by Gasteiger charge is 2.25. The number of esters is 1. The van der Waals surface area contributed by atoms with E-state index in [1.54, 1.807) is 7.11 Å². The maximum atomic E-state index is 13.1. The largest absolute Gasteiger partial charge is 0.465 e. The fourth-order valence-electron chi connectivity index (χ4n) is 3.84. The van der Waals surface area contributed by atoms with Gasteiger partial charge in [0.15, 0.2) is 0 Å². The van der Waals surface area contributed by atoms with Crippen LogP contribution < -0.4 is 5.32 Å². The molecule has 1 atom stereocenters. The summed E-state index contributed by atoms with van der Waals surface area (Å²) < 4.78 is 15.8. The number of likely N-dealkylation sites (tertiary alicyclic amines) is 1. The van der Waals surface area contributed by atoms with Gasteiger partial charge in [-0.2, -0.15) is 0 Å². The quantitative estimate of drug-likeness (QED) is 0.380. The minimum Gasteiger partial charge on any atom is -0.465 e. The van der Waals surface area contributed by atoms with Crippen LogP contribution >= 0.6 is 0 Å². The Labute approximate surface area is 186 Å². The fraction of sp³-hybridized carbons (Fsp3) is 0.667. The number of carbonyl (C=O) groups excluding carboxylic acids is 2. The number of hydrogen-bond acceptors (Lipinski definition) is 6. The molecule has 0 aromatic heterocycles. The van der Waals surface area contributed by atoms with Gasteiger partial charge in [-0.3, -0.25) is 9.59 Å². The first-order valence-corrected chi connectivity index (χ1v) is 11.5. The molecule has 0 bridgehead atoms. The number of benzene rings is 1. The number of nitrogens with zero attached hydrogens (tertiary/aromatic N) is 1. The highest BCUT2D eigenvalue weighted by Crippen LogP contribution is 2.19. The standard InChI is InChI=1S/C24H38N2O5/c1-4-6-11-22(24(28)30-5-2)25-15-12-19-9-7-8-10-21(19)23(27)26-16-13-20(14-17-26)31-18-29-3/h7-10,20,22,25H,4-6,11-18H2,1-3H3/t22-/m1/s1. The third-order valence-electron chi connectivity index (χ3n) is 5.60. The molecule has 2 rings (SSSR count). The minimum absolute atomic E-state index is 0.0636. The van der Waals surface area contributed by atoms with E-state index in [-0.39, 0.29) is 24.0 Å². The first-order valence-electron chi connectivity index (χ1n) is 11.5. The molecule has 1 aromatic carbocycles. The second-order valence-corrected chi connectivity index (χ2v) is 7.87. The van der Waals surface area contributed by atoms with Crippen LogP contribution in [0.5, 0.6) is 0 Å². The van der Waals surface area contributed by atoms with E-state index in [1.165, 1.54) is 0 Å². The van der Waals surface area contributed by atoms with E-state index in [1.807, 2.05) is 36.1 Å². The Hall–Kier alpha value is -1.96. The molecule has 7 heteroatoms. The van der Waals surface area contributed by atoms with Gasteiger partial charge in [0.25, 0.3) is 5.91 Å². The summed E-state index contributed by atoms with van der Waals surface area (Å²) >= 11 is 0. The van der Waals surface area contributed by atoms with Crippen molar-refractivity contribution >= 4 is 11.9 Å². The second kappa shape index (κ2) is 14.2. The van der Waals surface area contributed by atoms with Gasteiger partial charge < -0.3 is 24.4 Å². The van der Waals surface area contributed by atoms with Crippen LogP contribution in [0.1, 0.15) is 61.9 Å². The molecule has 0 unspecified atom stereocenters. The number of rotatable bonds is 13. The monoisotopic (exact) mass is 434 g/mol. The fourth-order valence-corrected chi connectivity index (χ4v) is 3.84. The van der Waals surface area contributed by atoms with Gasteiger partial charge in [0.2, 0.25) is 0 Å². The number of methoxy groups -OCH3 is 1. The Bertz CT molecular complexity index is 674. The van der Waals surface area contributed by atoms with Gasteiger partial charge in [0.05, 0.1) is 12.7 Å². The second-order valence-electron chi connectivity index (χ2n) is 7.87.